The molecule has 2 N–H and O–H groups in total. The zero-order valence-corrected chi connectivity index (χ0v) is 24.0. The number of nitrogens with zero attached hydrogens (tertiary/aromatic N) is 1. The summed E-state index contributed by atoms with van der Waals surface area (Å²) in [6.45, 7) is -0.434. The highest BCUT2D eigenvalue weighted by Gasteiger charge is 2.51. The van der Waals surface area contributed by atoms with Crippen LogP contribution in [0.5, 0.6) is 0 Å². The number of sulfonamides is 1. The first-order chi connectivity index (χ1) is 19.4. The van der Waals surface area contributed by atoms with Crippen LogP contribution in [0.15, 0.2) is 48.5 Å². The molecular formula is C29H34ClF4N3O3S. The number of nitrogens with one attached hydrogen (secondary N) is 2. The maximum atomic E-state index is 13.6. The molecule has 224 valence electrons. The van der Waals surface area contributed by atoms with E-state index >= 15 is 0 Å². The van der Waals surface area contributed by atoms with Gasteiger partial charge >= 0.3 is 15.5 Å². The summed E-state index contributed by atoms with van der Waals surface area (Å²) in [6, 6.07) is 14.0. The molecule has 2 aliphatic heterocycles. The molecule has 1 amide bonds. The van der Waals surface area contributed by atoms with E-state index in [0.717, 1.165) is 36.8 Å². The number of carbonyl (C=O) groups is 1. The molecule has 6 nitrogen and oxygen atoms in total. The third-order valence-corrected chi connectivity index (χ3v) is 10.9. The molecule has 1 aliphatic carbocycles. The summed E-state index contributed by atoms with van der Waals surface area (Å²) in [4.78, 5) is 12.6. The largest absolute Gasteiger partial charge is 0.511 e. The Kier molecular flexibility index (Phi) is 8.99. The fourth-order valence-corrected chi connectivity index (χ4v) is 7.99. The van der Waals surface area contributed by atoms with Crippen molar-refractivity contribution in [2.45, 2.75) is 74.5 Å². The van der Waals surface area contributed by atoms with E-state index in [1.807, 2.05) is 24.3 Å². The summed E-state index contributed by atoms with van der Waals surface area (Å²) in [7, 11) is -5.35. The average molecular weight is 616 g/mol. The van der Waals surface area contributed by atoms with Crippen LogP contribution in [0, 0.1) is 17.7 Å². The van der Waals surface area contributed by atoms with Crippen molar-refractivity contribution in [2.75, 3.05) is 13.1 Å². The number of hydrogen-bond acceptors (Lipinski definition) is 4. The molecule has 0 bridgehead atoms. The van der Waals surface area contributed by atoms with E-state index < -0.39 is 15.5 Å². The first kappa shape index (κ1) is 30.3. The molecule has 12 heteroatoms. The third kappa shape index (κ3) is 6.89. The third-order valence-electron chi connectivity index (χ3n) is 8.98. The van der Waals surface area contributed by atoms with Gasteiger partial charge in [-0.25, -0.2) is 12.8 Å². The predicted octanol–water partition coefficient (Wildman–Crippen LogP) is 5.38. The summed E-state index contributed by atoms with van der Waals surface area (Å²) in [6.07, 6.45) is 4.00. The van der Waals surface area contributed by atoms with Crippen molar-refractivity contribution in [2.24, 2.45) is 11.8 Å². The van der Waals surface area contributed by atoms with Gasteiger partial charge < -0.3 is 10.6 Å². The summed E-state index contributed by atoms with van der Waals surface area (Å²) in [5.74, 6) is 0.200. The van der Waals surface area contributed by atoms with Crippen LogP contribution in [0.25, 0.3) is 0 Å². The van der Waals surface area contributed by atoms with Gasteiger partial charge in [0.2, 0.25) is 5.91 Å². The summed E-state index contributed by atoms with van der Waals surface area (Å²) < 4.78 is 76.7. The highest BCUT2D eigenvalue weighted by molar-refractivity contribution is 7.90. The Morgan fingerprint density at radius 1 is 1.00 bits per heavy atom. The fraction of sp³-hybridized carbons (Fsp3) is 0.552. The van der Waals surface area contributed by atoms with Crippen LogP contribution >= 0.6 is 11.6 Å². The fourth-order valence-electron chi connectivity index (χ4n) is 6.88. The number of benzene rings is 2. The molecule has 5 unspecified atom stereocenters. The Bertz CT molecular complexity index is 1320. The van der Waals surface area contributed by atoms with E-state index in [9.17, 15) is 30.8 Å². The van der Waals surface area contributed by atoms with Gasteiger partial charge in [-0.1, -0.05) is 35.9 Å². The second kappa shape index (κ2) is 12.2. The maximum Gasteiger partial charge on any atom is 0.511 e. The van der Waals surface area contributed by atoms with Crippen molar-refractivity contribution in [1.82, 2.24) is 14.9 Å². The monoisotopic (exact) mass is 615 g/mol. The van der Waals surface area contributed by atoms with Crippen LogP contribution < -0.4 is 10.6 Å². The topological polar surface area (TPSA) is 78.5 Å². The van der Waals surface area contributed by atoms with E-state index in [-0.39, 0.29) is 80.0 Å². The zero-order chi connectivity index (χ0) is 29.4. The Morgan fingerprint density at radius 3 is 2.29 bits per heavy atom. The Hall–Kier alpha value is -2.21. The molecule has 3 fully saturated rings. The van der Waals surface area contributed by atoms with Gasteiger partial charge in [0.1, 0.15) is 5.82 Å². The van der Waals surface area contributed by atoms with Crippen LogP contribution in [0.4, 0.5) is 17.6 Å². The van der Waals surface area contributed by atoms with Gasteiger partial charge in [0.05, 0.1) is 0 Å². The van der Waals surface area contributed by atoms with E-state index in [4.69, 9.17) is 11.6 Å². The minimum absolute atomic E-state index is 0.00705. The van der Waals surface area contributed by atoms with E-state index in [2.05, 4.69) is 10.6 Å². The van der Waals surface area contributed by atoms with Crippen LogP contribution in [0.1, 0.15) is 55.6 Å². The van der Waals surface area contributed by atoms with Gasteiger partial charge in [-0.3, -0.25) is 4.79 Å². The number of halogens is 5. The van der Waals surface area contributed by atoms with Gasteiger partial charge in [-0.15, -0.1) is 0 Å². The van der Waals surface area contributed by atoms with Crippen molar-refractivity contribution in [3.8, 4) is 0 Å². The standard InChI is InChI=1S/C29H34ClF4N3O3S/c30-21-6-3-19(4-7-21)24(15-18-1-8-22(31)9-2-18)20-5-10-26-25(16-20)27(17-28(38)36-26)35-23-11-13-37(14-12-23)41(39,40)29(32,33)34/h1-4,6-9,20,23-27,35H,5,10-17H2,(H,36,38). The molecule has 2 aromatic rings. The van der Waals surface area contributed by atoms with Gasteiger partial charge in [0.25, 0.3) is 0 Å². The van der Waals surface area contributed by atoms with Crippen molar-refractivity contribution in [3.05, 3.63) is 70.5 Å². The lowest BCUT2D eigenvalue weighted by Crippen LogP contribution is -2.60. The van der Waals surface area contributed by atoms with Gasteiger partial charge in [-0.05, 0) is 91.7 Å². The van der Waals surface area contributed by atoms with Gasteiger partial charge in [0.15, 0.2) is 0 Å². The van der Waals surface area contributed by atoms with Crippen LogP contribution in [0.2, 0.25) is 5.02 Å². The van der Waals surface area contributed by atoms with Crippen LogP contribution in [-0.4, -0.2) is 55.4 Å². The number of piperidine rings is 2. The quantitative estimate of drug-likeness (QED) is 0.410. The molecule has 1 saturated carbocycles. The lowest BCUT2D eigenvalue weighted by molar-refractivity contribution is -0.126. The van der Waals surface area contributed by atoms with E-state index in [1.165, 1.54) is 12.1 Å². The predicted molar refractivity (Wildman–Crippen MR) is 148 cm³/mol. The first-order valence-corrected chi connectivity index (χ1v) is 15.8. The Labute approximate surface area is 242 Å². The van der Waals surface area contributed by atoms with Crippen molar-refractivity contribution in [1.29, 1.82) is 0 Å². The molecule has 2 aromatic carbocycles. The molecule has 5 atom stereocenters. The molecular weight excluding hydrogens is 582 g/mol. The Balaban J connectivity index is 1.30. The highest BCUT2D eigenvalue weighted by atomic mass is 35.5. The molecule has 0 radical (unpaired) electrons. The van der Waals surface area contributed by atoms with Gasteiger partial charge in [0, 0.05) is 42.7 Å². The summed E-state index contributed by atoms with van der Waals surface area (Å²) in [5, 5.41) is 7.32. The molecule has 2 heterocycles. The molecule has 3 aliphatic rings. The van der Waals surface area contributed by atoms with E-state index in [0.29, 0.717) is 9.33 Å². The normalized spacial score (nSPS) is 27.2. The average Bonchev–Trinajstić information content (AvgIpc) is 2.93. The molecule has 0 spiro atoms. The van der Waals surface area contributed by atoms with Crippen LogP contribution in [-0.2, 0) is 21.2 Å². The number of amides is 1. The van der Waals surface area contributed by atoms with Crippen molar-refractivity contribution < 1.29 is 30.8 Å². The number of rotatable bonds is 7. The molecule has 0 aromatic heterocycles. The van der Waals surface area contributed by atoms with Crippen molar-refractivity contribution in [3.63, 3.8) is 0 Å². The maximum absolute atomic E-state index is 13.6. The molecule has 2 saturated heterocycles. The lowest BCUT2D eigenvalue weighted by Gasteiger charge is -2.47. The summed E-state index contributed by atoms with van der Waals surface area (Å²) >= 11 is 6.17. The number of fused-ring (bicyclic) bond motifs is 1. The minimum Gasteiger partial charge on any atom is -0.353 e. The lowest BCUT2D eigenvalue weighted by atomic mass is 9.66. The van der Waals surface area contributed by atoms with Crippen molar-refractivity contribution >= 4 is 27.5 Å². The molecule has 5 rings (SSSR count). The SMILES string of the molecule is O=C1CC(NC2CCN(S(=O)(=O)C(F)(F)F)CC2)C2CC(C(Cc3ccc(F)cc3)c3ccc(Cl)cc3)CCC2N1. The first-order valence-electron chi connectivity index (χ1n) is 14.0. The van der Waals surface area contributed by atoms with Crippen LogP contribution in [0.3, 0.4) is 0 Å². The number of hydrogen-bond donors (Lipinski definition) is 2. The summed E-state index contributed by atoms with van der Waals surface area (Å²) in [5.41, 5.74) is -3.14. The second-order valence-corrected chi connectivity index (χ2v) is 13.9. The van der Waals surface area contributed by atoms with E-state index in [1.54, 1.807) is 12.1 Å². The zero-order valence-electron chi connectivity index (χ0n) is 22.4. The number of carbonyl (C=O) groups excluding carboxylic acids is 1. The molecule has 41 heavy (non-hydrogen) atoms. The van der Waals surface area contributed by atoms with Gasteiger partial charge in [-0.2, -0.15) is 17.5 Å². The smallest absolute Gasteiger partial charge is 0.353 e. The highest BCUT2D eigenvalue weighted by Crippen LogP contribution is 2.43. The Morgan fingerprint density at radius 2 is 1.66 bits per heavy atom. The minimum atomic E-state index is -5.35. The number of alkyl halides is 3. The second-order valence-electron chi connectivity index (χ2n) is 11.5.